The van der Waals surface area contributed by atoms with Crippen LogP contribution in [-0.2, 0) is 9.47 Å². The van der Waals surface area contributed by atoms with Crippen molar-refractivity contribution in [3.63, 3.8) is 0 Å². The lowest BCUT2D eigenvalue weighted by molar-refractivity contribution is -0.224. The van der Waals surface area contributed by atoms with Crippen molar-refractivity contribution in [1.82, 2.24) is 9.97 Å². The minimum Gasteiger partial charge on any atom is -0.481 e. The molecule has 3 rings (SSSR count). The molecule has 0 radical (unpaired) electrons. The number of rotatable bonds is 4. The third kappa shape index (κ3) is 2.58. The number of nitriles is 1. The molecule has 23 heavy (non-hydrogen) atoms. The highest BCUT2D eigenvalue weighted by molar-refractivity contribution is 5.37. The molecule has 0 unspecified atom stereocenters. The Kier molecular flexibility index (Phi) is 4.05. The Hall–Kier alpha value is -2.03. The van der Waals surface area contributed by atoms with Crippen LogP contribution in [0.2, 0.25) is 0 Å². The van der Waals surface area contributed by atoms with Crippen molar-refractivity contribution in [2.75, 3.05) is 25.6 Å². The summed E-state index contributed by atoms with van der Waals surface area (Å²) in [7, 11) is 1.39. The molecule has 2 aliphatic heterocycles. The van der Waals surface area contributed by atoms with Crippen LogP contribution in [0.5, 0.6) is 5.88 Å². The number of ether oxygens (including phenoxy) is 3. The lowest BCUT2D eigenvalue weighted by atomic mass is 9.88. The monoisotopic (exact) mass is 324 g/mol. The standard InChI is InChI=1S/C13H16N4O6/c1-21-7-2-6(3-14)15-12(16-7)17-8-9(19)10(20)13(4-18)5-22-11(8)23-13/h2,8-11,18-20H,4-5H2,1H3,(H,15,16,17)/t8-,9-,10-,11+,13+/m1/s1. The minimum atomic E-state index is -1.36. The molecule has 0 saturated carbocycles. The van der Waals surface area contributed by atoms with Gasteiger partial charge in [-0.1, -0.05) is 0 Å². The second kappa shape index (κ2) is 5.88. The second-order valence-electron chi connectivity index (χ2n) is 5.36. The first-order chi connectivity index (χ1) is 11.0. The average molecular weight is 324 g/mol. The van der Waals surface area contributed by atoms with Gasteiger partial charge in [-0.2, -0.15) is 10.2 Å². The van der Waals surface area contributed by atoms with Crippen LogP contribution < -0.4 is 10.1 Å². The number of aliphatic hydroxyl groups excluding tert-OH is 3. The average Bonchev–Trinajstić information content (AvgIpc) is 2.99. The van der Waals surface area contributed by atoms with Gasteiger partial charge in [0.1, 0.15) is 35.6 Å². The van der Waals surface area contributed by atoms with Gasteiger partial charge in [0.2, 0.25) is 11.8 Å². The molecule has 10 nitrogen and oxygen atoms in total. The molecule has 5 atom stereocenters. The molecule has 3 heterocycles. The number of methoxy groups -OCH3 is 1. The van der Waals surface area contributed by atoms with Crippen LogP contribution in [0, 0.1) is 11.3 Å². The minimum absolute atomic E-state index is 0.0211. The first-order valence-corrected chi connectivity index (χ1v) is 6.89. The summed E-state index contributed by atoms with van der Waals surface area (Å²) in [4.78, 5) is 7.98. The van der Waals surface area contributed by atoms with Crippen molar-refractivity contribution in [3.8, 4) is 11.9 Å². The van der Waals surface area contributed by atoms with Crippen LogP contribution in [0.25, 0.3) is 0 Å². The Bertz CT molecular complexity index is 637. The van der Waals surface area contributed by atoms with Gasteiger partial charge < -0.3 is 34.8 Å². The van der Waals surface area contributed by atoms with E-state index in [2.05, 4.69) is 15.3 Å². The van der Waals surface area contributed by atoms with Crippen molar-refractivity contribution in [2.24, 2.45) is 0 Å². The van der Waals surface area contributed by atoms with Gasteiger partial charge in [-0.05, 0) is 0 Å². The SMILES string of the molecule is COc1cc(C#N)nc(N[C@H]2[C@H]3OC[C@](CO)(O3)[C@H](O)[C@@H]2O)n1. The van der Waals surface area contributed by atoms with E-state index in [0.29, 0.717) is 0 Å². The molecule has 2 aliphatic rings. The zero-order valence-electron chi connectivity index (χ0n) is 12.2. The molecule has 0 aromatic carbocycles. The summed E-state index contributed by atoms with van der Waals surface area (Å²) in [6.07, 6.45) is -3.55. The predicted molar refractivity (Wildman–Crippen MR) is 73.4 cm³/mol. The van der Waals surface area contributed by atoms with Crippen LogP contribution in [-0.4, -0.2) is 75.8 Å². The van der Waals surface area contributed by atoms with E-state index in [0.717, 1.165) is 0 Å². The number of aliphatic hydroxyl groups is 3. The number of nitrogens with zero attached hydrogens (tertiary/aromatic N) is 3. The first kappa shape index (κ1) is 15.9. The van der Waals surface area contributed by atoms with E-state index >= 15 is 0 Å². The van der Waals surface area contributed by atoms with E-state index in [9.17, 15) is 15.3 Å². The largest absolute Gasteiger partial charge is 0.481 e. The number of anilines is 1. The smallest absolute Gasteiger partial charge is 0.227 e. The van der Waals surface area contributed by atoms with E-state index in [-0.39, 0.29) is 24.1 Å². The number of hydrogen-bond acceptors (Lipinski definition) is 10. The summed E-state index contributed by atoms with van der Waals surface area (Å²) in [6.45, 7) is -0.532. The number of fused-ring (bicyclic) bond motifs is 2. The fourth-order valence-electron chi connectivity index (χ4n) is 2.65. The van der Waals surface area contributed by atoms with Crippen LogP contribution in [0.4, 0.5) is 5.95 Å². The van der Waals surface area contributed by atoms with Crippen LogP contribution in [0.15, 0.2) is 6.07 Å². The van der Waals surface area contributed by atoms with Crippen molar-refractivity contribution in [2.45, 2.75) is 30.1 Å². The molecule has 4 N–H and O–H groups in total. The van der Waals surface area contributed by atoms with Gasteiger partial charge in [-0.3, -0.25) is 0 Å². The lowest BCUT2D eigenvalue weighted by Gasteiger charge is -2.41. The van der Waals surface area contributed by atoms with Crippen molar-refractivity contribution in [1.29, 1.82) is 5.26 Å². The molecule has 0 aliphatic carbocycles. The summed E-state index contributed by atoms with van der Waals surface area (Å²) in [5.41, 5.74) is -1.27. The summed E-state index contributed by atoms with van der Waals surface area (Å²) in [6, 6.07) is 2.34. The Balaban J connectivity index is 1.85. The molecule has 0 amide bonds. The lowest BCUT2D eigenvalue weighted by Crippen LogP contribution is -2.64. The van der Waals surface area contributed by atoms with E-state index in [4.69, 9.17) is 19.5 Å². The van der Waals surface area contributed by atoms with E-state index in [1.54, 1.807) is 0 Å². The maximum atomic E-state index is 10.3. The maximum Gasteiger partial charge on any atom is 0.227 e. The molecule has 124 valence electrons. The number of aromatic nitrogens is 2. The van der Waals surface area contributed by atoms with E-state index < -0.39 is 36.7 Å². The van der Waals surface area contributed by atoms with Crippen LogP contribution in [0.3, 0.4) is 0 Å². The highest BCUT2D eigenvalue weighted by Gasteiger charge is 2.59. The molecule has 2 fully saturated rings. The molecule has 2 bridgehead atoms. The maximum absolute atomic E-state index is 10.3. The molecule has 10 heteroatoms. The quantitative estimate of drug-likeness (QED) is 0.488. The molecule has 2 saturated heterocycles. The van der Waals surface area contributed by atoms with Gasteiger partial charge in [0, 0.05) is 6.07 Å². The molecular formula is C13H16N4O6. The molecular weight excluding hydrogens is 308 g/mol. The Morgan fingerprint density at radius 1 is 1.52 bits per heavy atom. The number of nitrogens with one attached hydrogen (secondary N) is 1. The van der Waals surface area contributed by atoms with Gasteiger partial charge in [-0.25, -0.2) is 4.98 Å². The Morgan fingerprint density at radius 2 is 2.30 bits per heavy atom. The summed E-state index contributed by atoms with van der Waals surface area (Å²) < 4.78 is 15.9. The molecule has 1 aromatic heterocycles. The third-order valence-corrected chi connectivity index (χ3v) is 3.96. The van der Waals surface area contributed by atoms with Crippen molar-refractivity contribution in [3.05, 3.63) is 11.8 Å². The van der Waals surface area contributed by atoms with Crippen LogP contribution >= 0.6 is 0 Å². The summed E-state index contributed by atoms with van der Waals surface area (Å²) >= 11 is 0. The Labute approximate surface area is 131 Å². The molecule has 1 aromatic rings. The van der Waals surface area contributed by atoms with Gasteiger partial charge in [-0.15, -0.1) is 0 Å². The van der Waals surface area contributed by atoms with Crippen LogP contribution in [0.1, 0.15) is 5.69 Å². The van der Waals surface area contributed by atoms with Gasteiger partial charge in [0.25, 0.3) is 0 Å². The summed E-state index contributed by atoms with van der Waals surface area (Å²) in [5.74, 6) is 0.190. The second-order valence-corrected chi connectivity index (χ2v) is 5.36. The predicted octanol–water partition coefficient (Wildman–Crippen LogP) is -2.02. The normalized spacial score (nSPS) is 35.6. The third-order valence-electron chi connectivity index (χ3n) is 3.96. The number of hydrogen-bond donors (Lipinski definition) is 4. The first-order valence-electron chi connectivity index (χ1n) is 6.89. The topological polar surface area (TPSA) is 150 Å². The zero-order valence-corrected chi connectivity index (χ0v) is 12.2. The molecule has 0 spiro atoms. The highest BCUT2D eigenvalue weighted by Crippen LogP contribution is 2.37. The van der Waals surface area contributed by atoms with E-state index in [1.807, 2.05) is 6.07 Å². The van der Waals surface area contributed by atoms with Gasteiger partial charge in [0.15, 0.2) is 6.29 Å². The Morgan fingerprint density at radius 3 is 2.96 bits per heavy atom. The fourth-order valence-corrected chi connectivity index (χ4v) is 2.65. The highest BCUT2D eigenvalue weighted by atomic mass is 16.7. The van der Waals surface area contributed by atoms with Crippen molar-refractivity contribution >= 4 is 5.95 Å². The van der Waals surface area contributed by atoms with E-state index in [1.165, 1.54) is 13.2 Å². The zero-order chi connectivity index (χ0) is 16.6. The van der Waals surface area contributed by atoms with Crippen molar-refractivity contribution < 1.29 is 29.5 Å². The van der Waals surface area contributed by atoms with Gasteiger partial charge >= 0.3 is 0 Å². The fraction of sp³-hybridized carbons (Fsp3) is 0.615. The summed E-state index contributed by atoms with van der Waals surface area (Å²) in [5, 5.41) is 41.6. The van der Waals surface area contributed by atoms with Gasteiger partial charge in [0.05, 0.1) is 20.3 Å².